The molecule has 0 aromatic heterocycles. The quantitative estimate of drug-likeness (QED) is 0.241. The number of carbonyl (C=O) groups excluding carboxylic acids is 2. The summed E-state index contributed by atoms with van der Waals surface area (Å²) in [5, 5.41) is 2.85. The van der Waals surface area contributed by atoms with E-state index in [-0.39, 0.29) is 28.4 Å². The van der Waals surface area contributed by atoms with Gasteiger partial charge < -0.3 is 40.4 Å². The molecule has 4 saturated carbocycles. The smallest absolute Gasteiger partial charge is 0.415 e. The first-order valence-electron chi connectivity index (χ1n) is 17.4. The van der Waals surface area contributed by atoms with E-state index in [4.69, 9.17) is 25.7 Å². The molecule has 10 heteroatoms. The first kappa shape index (κ1) is 31.2. The number of unbranched alkanes of at least 4 members (excludes halogenated alkanes) is 1. The number of nitrogens with zero attached hydrogens (tertiary/aromatic N) is 2. The van der Waals surface area contributed by atoms with Gasteiger partial charge in [0.15, 0.2) is 11.5 Å². The lowest BCUT2D eigenvalue weighted by Gasteiger charge is -2.74. The summed E-state index contributed by atoms with van der Waals surface area (Å²) < 4.78 is 20.9. The first-order chi connectivity index (χ1) is 21.5. The number of quaternary nitrogens is 1. The van der Waals surface area contributed by atoms with Crippen LogP contribution >= 0.6 is 0 Å². The Labute approximate surface area is 268 Å². The molecule has 10 nitrogen and oxygen atoms in total. The number of amides is 2. The number of likely N-dealkylation sites (N-methyl/N-ethyl adjacent to an activating group) is 2. The van der Waals surface area contributed by atoms with Crippen molar-refractivity contribution in [1.29, 1.82) is 0 Å². The molecule has 2 spiro atoms. The van der Waals surface area contributed by atoms with E-state index < -0.39 is 12.1 Å². The number of nitrogens with two attached hydrogens (primary N) is 2. The predicted molar refractivity (Wildman–Crippen MR) is 171 cm³/mol. The van der Waals surface area contributed by atoms with Crippen LogP contribution in [0.1, 0.15) is 75.8 Å². The summed E-state index contributed by atoms with van der Waals surface area (Å²) in [5.74, 6) is 2.30. The maximum absolute atomic E-state index is 13.4. The normalized spacial score (nSPS) is 37.4. The summed E-state index contributed by atoms with van der Waals surface area (Å²) in [6.07, 6.45) is 9.95. The standard InChI is InChI=1S/C35H53N5O5/c1-22-20-33-12-13-35(22,43-4)31-34(33)14-18-40(3,21-23-8-9-23)27(33)19-24-10-11-26(29(45-31)28(24)34)44-32(42)39(2)17-16-38-30(41)25(37)7-5-6-15-36/h10-11,22-23,25,27,31H,5-9,12-21,36-37H2,1-4H3/p+1/t22-,25-,27+,31+,33+,34-,35+,40?/m0/s1. The molecule has 2 amide bonds. The molecule has 0 radical (unpaired) electrons. The van der Waals surface area contributed by atoms with Crippen molar-refractivity contribution in [2.24, 2.45) is 28.7 Å². The van der Waals surface area contributed by atoms with Crippen molar-refractivity contribution in [2.75, 3.05) is 53.9 Å². The van der Waals surface area contributed by atoms with Crippen LogP contribution in [0.2, 0.25) is 0 Å². The molecule has 1 saturated heterocycles. The Bertz CT molecular complexity index is 1350. The molecule has 1 aromatic carbocycles. The SMILES string of the molecule is CO[C@]12CC[C@@]3(C[C@@H]1C)[C@H]1Cc4ccc(OC(=O)N(C)CCNC(=O)[C@@H](N)CCCCN)c5c4[C@@]3(CC[N+]1(C)CC1CC1)[C@H]2O5. The van der Waals surface area contributed by atoms with Gasteiger partial charge in [-0.15, -0.1) is 0 Å². The Hall–Kier alpha value is -2.40. The number of likely N-dealkylation sites (tertiary alicyclic amines) is 1. The van der Waals surface area contributed by atoms with E-state index in [1.807, 2.05) is 13.2 Å². The Morgan fingerprint density at radius 1 is 1.22 bits per heavy atom. The van der Waals surface area contributed by atoms with Gasteiger partial charge >= 0.3 is 6.09 Å². The summed E-state index contributed by atoms with van der Waals surface area (Å²) in [4.78, 5) is 27.2. The molecule has 5 aliphatic carbocycles. The van der Waals surface area contributed by atoms with E-state index >= 15 is 0 Å². The molecule has 8 atom stereocenters. The number of benzene rings is 1. The van der Waals surface area contributed by atoms with Crippen LogP contribution in [-0.4, -0.2) is 99.1 Å². The van der Waals surface area contributed by atoms with E-state index in [1.165, 1.54) is 46.3 Å². The summed E-state index contributed by atoms with van der Waals surface area (Å²) in [7, 11) is 6.10. The van der Waals surface area contributed by atoms with Crippen molar-refractivity contribution in [3.05, 3.63) is 23.3 Å². The Balaban J connectivity index is 1.13. The molecule has 1 unspecified atom stereocenters. The molecular formula is C35H54N5O5+. The lowest BCUT2D eigenvalue weighted by atomic mass is 9.34. The predicted octanol–water partition coefficient (Wildman–Crippen LogP) is 3.08. The van der Waals surface area contributed by atoms with Crippen molar-refractivity contribution in [1.82, 2.24) is 10.2 Å². The highest BCUT2D eigenvalue weighted by atomic mass is 16.6. The van der Waals surface area contributed by atoms with Crippen LogP contribution < -0.4 is 26.3 Å². The minimum Gasteiger partial charge on any atom is -0.482 e. The van der Waals surface area contributed by atoms with Gasteiger partial charge in [0.25, 0.3) is 0 Å². The van der Waals surface area contributed by atoms with E-state index in [1.54, 1.807) is 7.05 Å². The van der Waals surface area contributed by atoms with Crippen LogP contribution in [0, 0.1) is 17.3 Å². The second-order valence-electron chi connectivity index (χ2n) is 15.6. The van der Waals surface area contributed by atoms with Crippen molar-refractivity contribution >= 4 is 12.0 Å². The molecular weight excluding hydrogens is 570 g/mol. The molecule has 8 rings (SSSR count). The lowest BCUT2D eigenvalue weighted by molar-refractivity contribution is -0.952. The van der Waals surface area contributed by atoms with E-state index in [0.717, 1.165) is 56.7 Å². The zero-order valence-electron chi connectivity index (χ0n) is 27.7. The van der Waals surface area contributed by atoms with Gasteiger partial charge in [0.05, 0.1) is 37.6 Å². The topological polar surface area (TPSA) is 129 Å². The molecule has 45 heavy (non-hydrogen) atoms. The minimum atomic E-state index is -0.574. The number of piperidine rings is 1. The van der Waals surface area contributed by atoms with Crippen LogP contribution in [0.3, 0.4) is 0 Å². The maximum atomic E-state index is 13.4. The van der Waals surface area contributed by atoms with Gasteiger partial charge in [-0.25, -0.2) is 4.79 Å². The van der Waals surface area contributed by atoms with E-state index in [2.05, 4.69) is 25.4 Å². The van der Waals surface area contributed by atoms with E-state index in [0.29, 0.717) is 43.8 Å². The zero-order chi connectivity index (χ0) is 31.8. The van der Waals surface area contributed by atoms with Gasteiger partial charge in [-0.2, -0.15) is 0 Å². The highest BCUT2D eigenvalue weighted by Gasteiger charge is 2.82. The average molecular weight is 625 g/mol. The summed E-state index contributed by atoms with van der Waals surface area (Å²) in [5.41, 5.74) is 13.9. The van der Waals surface area contributed by atoms with Crippen LogP contribution in [-0.2, 0) is 21.4 Å². The van der Waals surface area contributed by atoms with Gasteiger partial charge in [-0.1, -0.05) is 19.4 Å². The second-order valence-corrected chi connectivity index (χ2v) is 15.6. The lowest BCUT2D eigenvalue weighted by Crippen LogP contribution is -2.83. The third-order valence-corrected chi connectivity index (χ3v) is 13.3. The van der Waals surface area contributed by atoms with Crippen molar-refractivity contribution < 1.29 is 28.3 Å². The van der Waals surface area contributed by atoms with Crippen LogP contribution in [0.5, 0.6) is 11.5 Å². The highest BCUT2D eigenvalue weighted by Crippen LogP contribution is 2.77. The highest BCUT2D eigenvalue weighted by molar-refractivity contribution is 5.81. The fourth-order valence-electron chi connectivity index (χ4n) is 10.9. The number of hydrogen-bond donors (Lipinski definition) is 3. The van der Waals surface area contributed by atoms with Crippen molar-refractivity contribution in [2.45, 2.75) is 100 Å². The van der Waals surface area contributed by atoms with E-state index in [9.17, 15) is 9.59 Å². The van der Waals surface area contributed by atoms with Crippen molar-refractivity contribution in [3.8, 4) is 11.5 Å². The fraction of sp³-hybridized carbons (Fsp3) is 0.771. The van der Waals surface area contributed by atoms with Gasteiger partial charge in [-0.3, -0.25) is 4.79 Å². The zero-order valence-corrected chi connectivity index (χ0v) is 27.7. The molecule has 5 fully saturated rings. The number of methoxy groups -OCH3 is 1. The third-order valence-electron chi connectivity index (χ3n) is 13.3. The molecule has 2 aliphatic heterocycles. The monoisotopic (exact) mass is 624 g/mol. The summed E-state index contributed by atoms with van der Waals surface area (Å²) in [6.45, 7) is 6.02. The van der Waals surface area contributed by atoms with Crippen molar-refractivity contribution in [3.63, 3.8) is 0 Å². The largest absolute Gasteiger partial charge is 0.482 e. The number of nitrogens with one attached hydrogen (secondary N) is 1. The molecule has 5 N–H and O–H groups in total. The summed E-state index contributed by atoms with van der Waals surface area (Å²) in [6, 6.07) is 4.14. The fourth-order valence-corrected chi connectivity index (χ4v) is 10.9. The van der Waals surface area contributed by atoms with Gasteiger partial charge in [0.1, 0.15) is 11.7 Å². The summed E-state index contributed by atoms with van der Waals surface area (Å²) >= 11 is 0. The Kier molecular flexibility index (Phi) is 7.70. The van der Waals surface area contributed by atoms with Crippen LogP contribution in [0.25, 0.3) is 0 Å². The average Bonchev–Trinajstić information content (AvgIpc) is 3.75. The van der Waals surface area contributed by atoms with Crippen LogP contribution in [0.4, 0.5) is 4.79 Å². The third kappa shape index (κ3) is 4.49. The maximum Gasteiger partial charge on any atom is 0.415 e. The van der Waals surface area contributed by atoms with Gasteiger partial charge in [-0.05, 0) is 69.0 Å². The van der Waals surface area contributed by atoms with Gasteiger partial charge in [0.2, 0.25) is 5.91 Å². The molecule has 2 heterocycles. The number of fused-ring (bicyclic) bond motifs is 2. The number of carbonyl (C=O) groups is 2. The molecule has 4 bridgehead atoms. The number of ether oxygens (including phenoxy) is 3. The van der Waals surface area contributed by atoms with Crippen LogP contribution in [0.15, 0.2) is 12.1 Å². The molecule has 7 aliphatic rings. The number of rotatable bonds is 12. The Morgan fingerprint density at radius 3 is 2.73 bits per heavy atom. The molecule has 248 valence electrons. The molecule has 1 aromatic rings. The van der Waals surface area contributed by atoms with Gasteiger partial charge in [0, 0.05) is 57.0 Å². The second kappa shape index (κ2) is 11.1. The minimum absolute atomic E-state index is 0.0828. The number of hydrogen-bond acceptors (Lipinski definition) is 7. The first-order valence-corrected chi connectivity index (χ1v) is 17.4. The Morgan fingerprint density at radius 2 is 2.02 bits per heavy atom.